The highest BCUT2D eigenvalue weighted by Gasteiger charge is 2.11. The van der Waals surface area contributed by atoms with Gasteiger partial charge in [-0.05, 0) is 23.9 Å². The van der Waals surface area contributed by atoms with E-state index in [1.54, 1.807) is 6.20 Å². The minimum atomic E-state index is 0.480. The molecule has 0 aromatic rings. The zero-order valence-corrected chi connectivity index (χ0v) is 8.12. The number of hydrogen-bond acceptors (Lipinski definition) is 3. The lowest BCUT2D eigenvalue weighted by Crippen LogP contribution is -2.19. The van der Waals surface area contributed by atoms with Crippen LogP contribution in [0.1, 0.15) is 13.8 Å². The molecule has 0 atom stereocenters. The van der Waals surface area contributed by atoms with Crippen molar-refractivity contribution in [1.82, 2.24) is 4.41 Å². The van der Waals surface area contributed by atoms with Gasteiger partial charge in [-0.15, -0.1) is 0 Å². The van der Waals surface area contributed by atoms with Crippen LogP contribution in [0.3, 0.4) is 0 Å². The first-order chi connectivity index (χ1) is 5.09. The first kappa shape index (κ1) is 8.97. The minimum absolute atomic E-state index is 0.480. The van der Waals surface area contributed by atoms with E-state index in [0.29, 0.717) is 11.0 Å². The Morgan fingerprint density at radius 3 is 2.73 bits per heavy atom. The van der Waals surface area contributed by atoms with Crippen LogP contribution in [-0.4, -0.2) is 4.41 Å². The smallest absolute Gasteiger partial charge is 0.0599 e. The molecule has 1 heterocycles. The Hall–Kier alpha value is -0.120. The van der Waals surface area contributed by atoms with Crippen molar-refractivity contribution in [2.24, 2.45) is 11.8 Å². The molecule has 0 saturated heterocycles. The van der Waals surface area contributed by atoms with Gasteiger partial charge in [-0.2, -0.15) is 0 Å². The summed E-state index contributed by atoms with van der Waals surface area (Å²) in [5, 5.41) is 0.690. The van der Waals surface area contributed by atoms with Crippen LogP contribution in [0.25, 0.3) is 0 Å². The molecule has 4 heteroatoms. The van der Waals surface area contributed by atoms with Gasteiger partial charge in [0.15, 0.2) is 0 Å². The molecule has 0 aromatic carbocycles. The van der Waals surface area contributed by atoms with E-state index in [4.69, 9.17) is 17.4 Å². The molecule has 2 nitrogen and oxygen atoms in total. The number of halogens is 1. The van der Waals surface area contributed by atoms with Crippen molar-refractivity contribution in [2.75, 3.05) is 0 Å². The van der Waals surface area contributed by atoms with Crippen LogP contribution in [0.15, 0.2) is 22.2 Å². The van der Waals surface area contributed by atoms with Crippen LogP contribution < -0.4 is 5.84 Å². The third kappa shape index (κ3) is 2.43. The third-order valence-corrected chi connectivity index (χ3v) is 2.63. The van der Waals surface area contributed by atoms with Gasteiger partial charge in [0, 0.05) is 11.1 Å². The molecule has 0 radical (unpaired) electrons. The minimum Gasteiger partial charge on any atom is -0.255 e. The topological polar surface area (TPSA) is 29.3 Å². The molecule has 2 N–H and O–H groups in total. The Morgan fingerprint density at radius 1 is 1.64 bits per heavy atom. The highest BCUT2D eigenvalue weighted by atomic mass is 35.5. The monoisotopic (exact) mass is 190 g/mol. The first-order valence-electron chi connectivity index (χ1n) is 3.40. The number of hydrogen-bond donors (Lipinski definition) is 1. The molecule has 1 rings (SSSR count). The van der Waals surface area contributed by atoms with Crippen molar-refractivity contribution in [3.8, 4) is 0 Å². The van der Waals surface area contributed by atoms with Gasteiger partial charge >= 0.3 is 0 Å². The van der Waals surface area contributed by atoms with E-state index in [2.05, 4.69) is 13.8 Å². The standard InChI is InChI=1S/C7H11ClN2S/c1-5(2)7-3-6(8)4-10(9)11-7/h3-5H,9H2,1-2H3. The predicted molar refractivity (Wildman–Crippen MR) is 50.5 cm³/mol. The van der Waals surface area contributed by atoms with E-state index in [0.717, 1.165) is 0 Å². The summed E-state index contributed by atoms with van der Waals surface area (Å²) in [6, 6.07) is 0. The van der Waals surface area contributed by atoms with Crippen molar-refractivity contribution >= 4 is 23.5 Å². The maximum absolute atomic E-state index is 5.80. The predicted octanol–water partition coefficient (Wildman–Crippen LogP) is 2.44. The second-order valence-electron chi connectivity index (χ2n) is 2.67. The van der Waals surface area contributed by atoms with Crippen molar-refractivity contribution in [2.45, 2.75) is 13.8 Å². The second kappa shape index (κ2) is 3.52. The van der Waals surface area contributed by atoms with Crippen molar-refractivity contribution in [3.63, 3.8) is 0 Å². The van der Waals surface area contributed by atoms with Crippen LogP contribution in [0.5, 0.6) is 0 Å². The molecule has 0 aliphatic carbocycles. The number of allylic oxidation sites excluding steroid dienone is 3. The molecule has 1 aliphatic heterocycles. The van der Waals surface area contributed by atoms with Crippen molar-refractivity contribution in [1.29, 1.82) is 0 Å². The van der Waals surface area contributed by atoms with E-state index in [-0.39, 0.29) is 0 Å². The van der Waals surface area contributed by atoms with Gasteiger partial charge in [0.1, 0.15) is 0 Å². The van der Waals surface area contributed by atoms with Crippen LogP contribution >= 0.6 is 23.5 Å². The number of rotatable bonds is 1. The van der Waals surface area contributed by atoms with Gasteiger partial charge in [-0.25, -0.2) is 5.84 Å². The summed E-state index contributed by atoms with van der Waals surface area (Å²) in [4.78, 5) is 1.19. The maximum Gasteiger partial charge on any atom is 0.0599 e. The molecular weight excluding hydrogens is 180 g/mol. The Morgan fingerprint density at radius 2 is 2.27 bits per heavy atom. The summed E-state index contributed by atoms with van der Waals surface area (Å²) in [6.45, 7) is 4.23. The maximum atomic E-state index is 5.80. The fourth-order valence-corrected chi connectivity index (χ4v) is 1.89. The van der Waals surface area contributed by atoms with E-state index in [1.165, 1.54) is 21.3 Å². The largest absolute Gasteiger partial charge is 0.255 e. The Bertz CT molecular complexity index is 210. The van der Waals surface area contributed by atoms with Crippen LogP contribution in [0.2, 0.25) is 0 Å². The molecule has 11 heavy (non-hydrogen) atoms. The van der Waals surface area contributed by atoms with E-state index < -0.39 is 0 Å². The molecule has 1 aliphatic rings. The molecule has 0 unspecified atom stereocenters. The third-order valence-electron chi connectivity index (χ3n) is 1.31. The van der Waals surface area contributed by atoms with E-state index in [9.17, 15) is 0 Å². The SMILES string of the molecule is CC(C)C1=CC(Cl)=CN(N)S1. The second-order valence-corrected chi connectivity index (χ2v) is 4.18. The average Bonchev–Trinajstić information content (AvgIpc) is 1.85. The number of nitrogens with zero attached hydrogens (tertiary/aromatic N) is 1. The van der Waals surface area contributed by atoms with Gasteiger partial charge in [-0.1, -0.05) is 25.4 Å². The molecular formula is C7H11ClN2S. The fourth-order valence-electron chi connectivity index (χ4n) is 0.741. The molecule has 0 saturated carbocycles. The van der Waals surface area contributed by atoms with Crippen molar-refractivity contribution in [3.05, 3.63) is 22.2 Å². The molecule has 0 aromatic heterocycles. The highest BCUT2D eigenvalue weighted by Crippen LogP contribution is 2.32. The lowest BCUT2D eigenvalue weighted by molar-refractivity contribution is 0.662. The molecule has 0 bridgehead atoms. The Labute approximate surface area is 76.2 Å². The molecule has 0 amide bonds. The zero-order valence-electron chi connectivity index (χ0n) is 6.54. The van der Waals surface area contributed by atoms with Crippen LogP contribution in [-0.2, 0) is 0 Å². The fraction of sp³-hybridized carbons (Fsp3) is 0.429. The molecule has 0 fully saturated rings. The van der Waals surface area contributed by atoms with Gasteiger partial charge in [0.05, 0.1) is 5.03 Å². The van der Waals surface area contributed by atoms with Gasteiger partial charge in [0.2, 0.25) is 0 Å². The highest BCUT2D eigenvalue weighted by molar-refractivity contribution is 8.00. The summed E-state index contributed by atoms with van der Waals surface area (Å²) < 4.78 is 1.53. The van der Waals surface area contributed by atoms with Gasteiger partial charge in [-0.3, -0.25) is 4.41 Å². The number of hydrazine groups is 1. The quantitative estimate of drug-likeness (QED) is 0.509. The van der Waals surface area contributed by atoms with Crippen LogP contribution in [0.4, 0.5) is 0 Å². The summed E-state index contributed by atoms with van der Waals surface area (Å²) >= 11 is 7.31. The van der Waals surface area contributed by atoms with Crippen LogP contribution in [0, 0.1) is 5.92 Å². The first-order valence-corrected chi connectivity index (χ1v) is 4.55. The summed E-state index contributed by atoms with van der Waals surface area (Å²) in [5.74, 6) is 6.03. The lowest BCUT2D eigenvalue weighted by atomic mass is 10.2. The Balaban J connectivity index is 2.76. The van der Waals surface area contributed by atoms with E-state index >= 15 is 0 Å². The Kier molecular flexibility index (Phi) is 2.87. The van der Waals surface area contributed by atoms with Gasteiger partial charge in [0.25, 0.3) is 0 Å². The zero-order chi connectivity index (χ0) is 8.43. The average molecular weight is 191 g/mol. The lowest BCUT2D eigenvalue weighted by Gasteiger charge is -2.21. The summed E-state index contributed by atoms with van der Waals surface area (Å²) in [5.41, 5.74) is 0. The van der Waals surface area contributed by atoms with Crippen molar-refractivity contribution < 1.29 is 0 Å². The summed E-state index contributed by atoms with van der Waals surface area (Å²) in [7, 11) is 0. The summed E-state index contributed by atoms with van der Waals surface area (Å²) in [6.07, 6.45) is 3.64. The molecule has 0 spiro atoms. The normalized spacial score (nSPS) is 18.5. The van der Waals surface area contributed by atoms with E-state index in [1.807, 2.05) is 6.08 Å². The van der Waals surface area contributed by atoms with Gasteiger partial charge < -0.3 is 0 Å². The molecule has 62 valence electrons. The number of nitrogens with two attached hydrogens (primary N) is 1.